The van der Waals surface area contributed by atoms with Crippen LogP contribution in [0.2, 0.25) is 0 Å². The first-order valence-electron chi connectivity index (χ1n) is 9.26. The van der Waals surface area contributed by atoms with E-state index in [0.717, 1.165) is 12.2 Å². The Morgan fingerprint density at radius 3 is 2.44 bits per heavy atom. The van der Waals surface area contributed by atoms with E-state index in [0.29, 0.717) is 48.4 Å². The van der Waals surface area contributed by atoms with Crippen molar-refractivity contribution < 1.29 is 9.21 Å². The van der Waals surface area contributed by atoms with E-state index in [1.807, 2.05) is 13.8 Å². The second-order valence-electron chi connectivity index (χ2n) is 5.54. The number of amides is 1. The summed E-state index contributed by atoms with van der Waals surface area (Å²) in [4.78, 5) is 20.6. The molecule has 1 aromatic rings. The molecule has 27 heavy (non-hydrogen) atoms. The van der Waals surface area contributed by atoms with E-state index in [-0.39, 0.29) is 5.91 Å². The fraction of sp³-hybridized carbons (Fsp3) is 0.500. The maximum absolute atomic E-state index is 12.3. The van der Waals surface area contributed by atoms with Crippen molar-refractivity contribution in [1.82, 2.24) is 9.80 Å². The average Bonchev–Trinajstić information content (AvgIpc) is 3.26. The number of nitrogens with two attached hydrogens (primary N) is 1. The number of nitrogens with zero attached hydrogens (tertiary/aromatic N) is 3. The molecular formula is C20H30N4O2S. The fourth-order valence-corrected chi connectivity index (χ4v) is 3.34. The molecule has 0 atom stereocenters. The van der Waals surface area contributed by atoms with Crippen LogP contribution in [-0.4, -0.2) is 60.5 Å². The van der Waals surface area contributed by atoms with E-state index in [9.17, 15) is 4.79 Å². The van der Waals surface area contributed by atoms with E-state index in [2.05, 4.69) is 22.7 Å². The summed E-state index contributed by atoms with van der Waals surface area (Å²) in [7, 11) is 1.71. The Kier molecular flexibility index (Phi) is 10.2. The molecule has 1 saturated heterocycles. The van der Waals surface area contributed by atoms with Gasteiger partial charge in [-0.15, -0.1) is 18.2 Å². The number of piperazine rings is 1. The van der Waals surface area contributed by atoms with Crippen LogP contribution in [0.1, 0.15) is 37.7 Å². The highest BCUT2D eigenvalue weighted by Gasteiger charge is 2.26. The van der Waals surface area contributed by atoms with Gasteiger partial charge in [0, 0.05) is 33.2 Å². The number of furan rings is 1. The number of amidine groups is 1. The van der Waals surface area contributed by atoms with E-state index in [1.54, 1.807) is 35.8 Å². The van der Waals surface area contributed by atoms with Gasteiger partial charge in [-0.05, 0) is 24.3 Å². The van der Waals surface area contributed by atoms with Crippen LogP contribution in [0.4, 0.5) is 0 Å². The van der Waals surface area contributed by atoms with Crippen LogP contribution in [0.15, 0.2) is 38.4 Å². The Hall–Kier alpha value is -2.33. The second-order valence-corrected chi connectivity index (χ2v) is 6.67. The van der Waals surface area contributed by atoms with Gasteiger partial charge in [0.2, 0.25) is 0 Å². The van der Waals surface area contributed by atoms with Gasteiger partial charge < -0.3 is 20.0 Å². The lowest BCUT2D eigenvalue weighted by Crippen LogP contribution is -2.51. The number of terminal acetylenes is 1. The highest BCUT2D eigenvalue weighted by Crippen LogP contribution is 2.19. The highest BCUT2D eigenvalue weighted by molar-refractivity contribution is 8.03. The molecule has 6 nitrogen and oxygen atoms in total. The summed E-state index contributed by atoms with van der Waals surface area (Å²) in [5.41, 5.74) is 6.78. The molecule has 0 aliphatic carbocycles. The summed E-state index contributed by atoms with van der Waals surface area (Å²) in [6, 6.07) is 3.39. The van der Waals surface area contributed by atoms with Crippen LogP contribution in [-0.2, 0) is 0 Å². The van der Waals surface area contributed by atoms with Crippen molar-refractivity contribution in [1.29, 1.82) is 0 Å². The first-order chi connectivity index (χ1) is 13.1. The first kappa shape index (κ1) is 22.7. The van der Waals surface area contributed by atoms with Crippen LogP contribution in [0.5, 0.6) is 0 Å². The molecule has 2 N–H and O–H groups in total. The third kappa shape index (κ3) is 6.10. The van der Waals surface area contributed by atoms with Crippen LogP contribution in [0, 0.1) is 12.3 Å². The Morgan fingerprint density at radius 1 is 1.33 bits per heavy atom. The summed E-state index contributed by atoms with van der Waals surface area (Å²) in [6.07, 6.45) is 8.21. The zero-order chi connectivity index (χ0) is 20.2. The lowest BCUT2D eigenvalue weighted by atomic mass is 10.2. The summed E-state index contributed by atoms with van der Waals surface area (Å²) >= 11 is 1.55. The summed E-state index contributed by atoms with van der Waals surface area (Å²) < 4.78 is 5.19. The van der Waals surface area contributed by atoms with Crippen molar-refractivity contribution in [3.63, 3.8) is 0 Å². The monoisotopic (exact) mass is 390 g/mol. The smallest absolute Gasteiger partial charge is 0.289 e. The Balaban J connectivity index is 0.00000176. The third-order valence-electron chi connectivity index (χ3n) is 3.89. The lowest BCUT2D eigenvalue weighted by Gasteiger charge is -2.36. The van der Waals surface area contributed by atoms with Crippen molar-refractivity contribution in [3.05, 3.63) is 34.8 Å². The number of aliphatic imine (C=N–C) groups is 1. The molecule has 1 aliphatic rings. The number of hydrogen-bond donors (Lipinski definition) is 1. The van der Waals surface area contributed by atoms with Crippen molar-refractivity contribution in [2.45, 2.75) is 27.2 Å². The van der Waals surface area contributed by atoms with Gasteiger partial charge in [-0.25, -0.2) is 0 Å². The van der Waals surface area contributed by atoms with E-state index in [4.69, 9.17) is 16.6 Å². The highest BCUT2D eigenvalue weighted by atomic mass is 32.2. The van der Waals surface area contributed by atoms with Crippen LogP contribution >= 0.6 is 11.8 Å². The maximum atomic E-state index is 12.3. The zero-order valence-corrected chi connectivity index (χ0v) is 17.5. The Bertz CT molecular complexity index is 681. The first-order valence-corrected chi connectivity index (χ1v) is 10.2. The lowest BCUT2D eigenvalue weighted by molar-refractivity contribution is 0.0660. The van der Waals surface area contributed by atoms with Crippen molar-refractivity contribution in [2.75, 3.05) is 39.0 Å². The summed E-state index contributed by atoms with van der Waals surface area (Å²) in [5, 5.41) is 0.624. The van der Waals surface area contributed by atoms with E-state index in [1.165, 1.54) is 6.26 Å². The number of carbonyl (C=O) groups excluding carboxylic acids is 1. The second kappa shape index (κ2) is 12.1. The van der Waals surface area contributed by atoms with Gasteiger partial charge in [0.15, 0.2) is 5.76 Å². The molecule has 148 valence electrons. The number of thioether (sulfide) groups is 1. The minimum Gasteiger partial charge on any atom is -0.459 e. The minimum atomic E-state index is -0.0923. The molecule has 0 saturated carbocycles. The molecule has 0 spiro atoms. The molecule has 0 aromatic carbocycles. The van der Waals surface area contributed by atoms with Crippen LogP contribution in [0.3, 0.4) is 0 Å². The largest absolute Gasteiger partial charge is 0.459 e. The number of hydrogen-bond acceptors (Lipinski definition) is 5. The van der Waals surface area contributed by atoms with Gasteiger partial charge in [-0.3, -0.25) is 9.79 Å². The summed E-state index contributed by atoms with van der Waals surface area (Å²) in [6.45, 7) is 8.56. The Morgan fingerprint density at radius 2 is 1.96 bits per heavy atom. The van der Waals surface area contributed by atoms with E-state index < -0.39 is 0 Å². The van der Waals surface area contributed by atoms with Crippen molar-refractivity contribution in [2.24, 2.45) is 10.7 Å². The topological polar surface area (TPSA) is 75.1 Å². The molecule has 1 amide bonds. The third-order valence-corrected chi connectivity index (χ3v) is 5.01. The molecular weight excluding hydrogens is 360 g/mol. The predicted molar refractivity (Wildman–Crippen MR) is 114 cm³/mol. The van der Waals surface area contributed by atoms with Gasteiger partial charge in [0.1, 0.15) is 5.84 Å². The van der Waals surface area contributed by atoms with Crippen molar-refractivity contribution >= 4 is 23.5 Å². The normalized spacial score (nSPS) is 15.4. The molecule has 1 fully saturated rings. The van der Waals surface area contributed by atoms with Crippen LogP contribution < -0.4 is 5.73 Å². The predicted octanol–water partition coefficient (Wildman–Crippen LogP) is 3.04. The molecule has 7 heteroatoms. The van der Waals surface area contributed by atoms with Gasteiger partial charge in [-0.1, -0.05) is 26.7 Å². The molecule has 1 aliphatic heterocycles. The average molecular weight is 391 g/mol. The molecule has 0 unspecified atom stereocenters. The van der Waals surface area contributed by atoms with Gasteiger partial charge in [-0.2, -0.15) is 0 Å². The van der Waals surface area contributed by atoms with E-state index >= 15 is 0 Å². The number of rotatable bonds is 5. The molecule has 2 heterocycles. The van der Waals surface area contributed by atoms with Gasteiger partial charge >= 0.3 is 0 Å². The fourth-order valence-electron chi connectivity index (χ4n) is 2.62. The Labute approximate surface area is 166 Å². The summed E-state index contributed by atoms with van der Waals surface area (Å²) in [5.74, 6) is 4.58. The molecule has 0 bridgehead atoms. The maximum Gasteiger partial charge on any atom is 0.289 e. The quantitative estimate of drug-likeness (QED) is 0.475. The SMILES string of the molecule is C#C/C(C(=NC)N1CCN(C(=O)c2ccco2)CC1)=C(/N)SCCC.CC. The molecule has 2 rings (SSSR count). The minimum absolute atomic E-state index is 0.0923. The molecule has 1 aromatic heterocycles. The zero-order valence-electron chi connectivity index (χ0n) is 16.7. The van der Waals surface area contributed by atoms with Crippen LogP contribution in [0.25, 0.3) is 0 Å². The van der Waals surface area contributed by atoms with Crippen molar-refractivity contribution in [3.8, 4) is 12.3 Å². The molecule has 0 radical (unpaired) electrons. The van der Waals surface area contributed by atoms with Gasteiger partial charge in [0.25, 0.3) is 5.91 Å². The number of carbonyl (C=O) groups is 1. The standard InChI is InChI=1S/C18H24N4O2S.C2H6/c1-4-13-25-16(19)14(5-2)17(20-3)21-8-10-22(11-9-21)18(23)15-7-6-12-24-15;1-2/h2,6-7,12H,4,8-11,13,19H2,1,3H3;1-2H3/b16-14+,20-17?;. The van der Waals surface area contributed by atoms with Gasteiger partial charge in [0.05, 0.1) is 16.9 Å².